The molecule has 0 fully saturated rings. The van der Waals surface area contributed by atoms with Crippen LogP contribution in [0.5, 0.6) is 0 Å². The van der Waals surface area contributed by atoms with Gasteiger partial charge in [-0.25, -0.2) is 0 Å². The summed E-state index contributed by atoms with van der Waals surface area (Å²) in [5.41, 5.74) is 0. The van der Waals surface area contributed by atoms with Crippen LogP contribution in [-0.2, 0) is 35.7 Å². The van der Waals surface area contributed by atoms with E-state index in [4.69, 9.17) is 18.6 Å². The largest absolute Gasteiger partial charge is 0 e. The zero-order valence-electron chi connectivity index (χ0n) is 11.2. The maximum atomic E-state index is 7.50. The van der Waals surface area contributed by atoms with Gasteiger partial charge in [-0.15, -0.1) is 0 Å². The van der Waals surface area contributed by atoms with Crippen LogP contribution in [0.2, 0.25) is 0 Å². The Morgan fingerprint density at radius 3 is 0.833 bits per heavy atom. The quantitative estimate of drug-likeness (QED) is 0.324. The number of hydrogen-bond acceptors (Lipinski definition) is 0. The van der Waals surface area contributed by atoms with Gasteiger partial charge in [0.25, 0.3) is 0 Å². The van der Waals surface area contributed by atoms with Gasteiger partial charge >= 0.3 is 45.2 Å². The van der Waals surface area contributed by atoms with Crippen molar-refractivity contribution in [3.63, 3.8) is 0 Å². The fraction of sp³-hybridized carbons (Fsp3) is 0.667. The fourth-order valence-electron chi connectivity index (χ4n) is 0.854. The van der Waals surface area contributed by atoms with Crippen LogP contribution in [-0.4, -0.2) is 29.6 Å². The molecule has 0 aromatic heterocycles. The van der Waals surface area contributed by atoms with Crippen molar-refractivity contribution in [2.75, 3.05) is 0 Å². The van der Waals surface area contributed by atoms with E-state index in [0.29, 0.717) is 0 Å². The Morgan fingerprint density at radius 2 is 0.722 bits per heavy atom. The molecule has 99 valence electrons. The minimum Gasteiger partial charge on any atom is 0 e. The van der Waals surface area contributed by atoms with Crippen molar-refractivity contribution in [2.45, 2.75) is 52.4 Å². The average molecular weight is 305 g/mol. The molecule has 0 saturated carbocycles. The molecule has 0 aliphatic heterocycles. The van der Waals surface area contributed by atoms with Crippen LogP contribution in [0, 0.1) is 26.6 Å². The Morgan fingerprint density at radius 1 is 0.556 bits per heavy atom. The molecule has 4 nitrogen and oxygen atoms in total. The van der Waals surface area contributed by atoms with Crippen LogP contribution in [0.25, 0.3) is 0 Å². The second-order valence-corrected chi connectivity index (χ2v) is 2.41. The summed E-state index contributed by atoms with van der Waals surface area (Å²) in [5.74, 6) is 0. The monoisotopic (exact) mass is 305 g/mol. The minimum atomic E-state index is 0. The zero-order valence-corrected chi connectivity index (χ0v) is 14.3. The Kier molecular flexibility index (Phi) is 269. The molecule has 0 aromatic rings. The first kappa shape index (κ1) is 42.8. The van der Waals surface area contributed by atoms with E-state index in [1.807, 2.05) is 0 Å². The van der Waals surface area contributed by atoms with E-state index < -0.39 is 0 Å². The maximum absolute atomic E-state index is 7.50. The topological polar surface area (TPSA) is 79.6 Å². The third-order valence-corrected chi connectivity index (χ3v) is 1.46. The van der Waals surface area contributed by atoms with Gasteiger partial charge in [0.1, 0.15) is 0 Å². The van der Waals surface area contributed by atoms with Gasteiger partial charge in [0, 0.05) is 46.6 Å². The van der Waals surface area contributed by atoms with E-state index in [9.17, 15) is 0 Å². The van der Waals surface area contributed by atoms with E-state index in [-0.39, 0.29) is 46.6 Å². The molecule has 0 amide bonds. The first-order valence-electron chi connectivity index (χ1n) is 4.73. The van der Waals surface area contributed by atoms with Gasteiger partial charge in [0.05, 0.1) is 0 Å². The molecule has 6 heteroatoms. The molecular formula is C12H18FeNaO4. The first-order chi connectivity index (χ1) is 7.91. The number of rotatable bonds is 5. The first-order valence-corrected chi connectivity index (χ1v) is 4.73. The molecule has 0 unspecified atom stereocenters. The van der Waals surface area contributed by atoms with E-state index >= 15 is 0 Å². The second kappa shape index (κ2) is 113. The molecule has 0 bridgehead atoms. The van der Waals surface area contributed by atoms with Crippen LogP contribution in [0.3, 0.4) is 0 Å². The Labute approximate surface area is 143 Å². The maximum Gasteiger partial charge on any atom is 0 e. The molecule has 0 atom stereocenters. The smallest absolute Gasteiger partial charge is 0 e. The summed E-state index contributed by atoms with van der Waals surface area (Å²) in [7, 11) is 0. The summed E-state index contributed by atoms with van der Waals surface area (Å²) in [5, 5.41) is 0. The Hall–Kier alpha value is 0.479. The molecule has 0 aliphatic carbocycles. The minimum absolute atomic E-state index is 0. The van der Waals surface area contributed by atoms with E-state index in [2.05, 4.69) is 40.4 Å². The van der Waals surface area contributed by atoms with Crippen molar-refractivity contribution in [2.24, 2.45) is 0 Å². The summed E-state index contributed by atoms with van der Waals surface area (Å²) in [6.45, 7) is 22.5. The van der Waals surface area contributed by atoms with Crippen LogP contribution in [0.1, 0.15) is 52.4 Å². The SMILES string of the molecule is CCCCCCCC.[C-]#[O+].[C-]#[O+].[C-]#[O+].[C-]#[O+].[Fe].[Na]. The van der Waals surface area contributed by atoms with Crippen LogP contribution in [0.4, 0.5) is 0 Å². The third kappa shape index (κ3) is 132. The van der Waals surface area contributed by atoms with E-state index in [1.54, 1.807) is 0 Å². The zero-order chi connectivity index (χ0) is 14.2. The molecular weight excluding hydrogens is 287 g/mol. The van der Waals surface area contributed by atoms with Crippen molar-refractivity contribution < 1.29 is 35.7 Å². The number of hydrogen-bond donors (Lipinski definition) is 0. The second-order valence-electron chi connectivity index (χ2n) is 2.41. The van der Waals surface area contributed by atoms with Gasteiger partial charge in [-0.1, -0.05) is 52.4 Å². The van der Waals surface area contributed by atoms with E-state index in [0.717, 1.165) is 0 Å². The van der Waals surface area contributed by atoms with Gasteiger partial charge < -0.3 is 0 Å². The molecule has 0 aliphatic rings. The summed E-state index contributed by atoms with van der Waals surface area (Å²) < 4.78 is 30.0. The van der Waals surface area contributed by atoms with Crippen molar-refractivity contribution in [1.29, 1.82) is 0 Å². The summed E-state index contributed by atoms with van der Waals surface area (Å²) in [4.78, 5) is 0. The Bertz CT molecular complexity index is 125. The molecule has 1 radical (unpaired) electrons. The van der Waals surface area contributed by atoms with Gasteiger partial charge in [-0.2, -0.15) is 0 Å². The molecule has 0 aromatic carbocycles. The fourth-order valence-corrected chi connectivity index (χ4v) is 0.854. The third-order valence-electron chi connectivity index (χ3n) is 1.46. The van der Waals surface area contributed by atoms with Crippen LogP contribution < -0.4 is 0 Å². The van der Waals surface area contributed by atoms with Crippen LogP contribution >= 0.6 is 0 Å². The molecule has 0 spiro atoms. The van der Waals surface area contributed by atoms with E-state index in [1.165, 1.54) is 38.5 Å². The van der Waals surface area contributed by atoms with Gasteiger partial charge in [-0.05, 0) is 0 Å². The summed E-state index contributed by atoms with van der Waals surface area (Å²) in [6.07, 6.45) is 8.49. The van der Waals surface area contributed by atoms with Crippen molar-refractivity contribution in [3.05, 3.63) is 26.6 Å². The molecule has 0 rings (SSSR count). The summed E-state index contributed by atoms with van der Waals surface area (Å²) >= 11 is 0. The predicted octanol–water partition coefficient (Wildman–Crippen LogP) is 2.83. The Balaban J connectivity index is -0.0000000209. The summed E-state index contributed by atoms with van der Waals surface area (Å²) in [6, 6.07) is 0. The standard InChI is InChI=1S/C8H18.4CO.Fe.Na/c1-3-5-7-8-6-4-2;4*1-2;;/h3-8H2,1-2H3;;;;;;. The molecule has 18 heavy (non-hydrogen) atoms. The molecule has 0 saturated heterocycles. The van der Waals surface area contributed by atoms with Crippen molar-refractivity contribution >= 4 is 29.6 Å². The molecule has 0 heterocycles. The predicted molar refractivity (Wildman–Crippen MR) is 60.5 cm³/mol. The van der Waals surface area contributed by atoms with Gasteiger partial charge in [0.2, 0.25) is 0 Å². The number of unbranched alkanes of at least 4 members (excludes halogenated alkanes) is 5. The van der Waals surface area contributed by atoms with Crippen molar-refractivity contribution in [3.8, 4) is 0 Å². The molecule has 0 N–H and O–H groups in total. The van der Waals surface area contributed by atoms with Gasteiger partial charge in [-0.3, -0.25) is 0 Å². The van der Waals surface area contributed by atoms with Crippen molar-refractivity contribution in [1.82, 2.24) is 0 Å². The van der Waals surface area contributed by atoms with Gasteiger partial charge in [0.15, 0.2) is 0 Å². The average Bonchev–Trinajstić information content (AvgIpc) is 2.44. The van der Waals surface area contributed by atoms with Crippen LogP contribution in [0.15, 0.2) is 0 Å². The normalized spacial score (nSPS) is 4.78.